The van der Waals surface area contributed by atoms with Crippen molar-refractivity contribution in [3.63, 3.8) is 0 Å². The maximum atomic E-state index is 12.7. The van der Waals surface area contributed by atoms with Crippen LogP contribution in [-0.4, -0.2) is 49.3 Å². The molecule has 0 aromatic heterocycles. The van der Waals surface area contributed by atoms with Crippen molar-refractivity contribution < 1.29 is 37.6 Å². The zero-order chi connectivity index (χ0) is 55.9. The molecule has 0 rings (SSSR count). The van der Waals surface area contributed by atoms with Crippen molar-refractivity contribution in [2.75, 3.05) is 26.4 Å². The maximum absolute atomic E-state index is 12.7. The van der Waals surface area contributed by atoms with Gasteiger partial charge >= 0.3 is 19.8 Å². The fraction of sp³-hybridized carbons (Fsp3) is 0.582. The molecule has 0 radical (unpaired) electrons. The van der Waals surface area contributed by atoms with Crippen molar-refractivity contribution in [2.24, 2.45) is 5.73 Å². The summed E-state index contributed by atoms with van der Waals surface area (Å²) >= 11 is 0. The fourth-order valence-corrected chi connectivity index (χ4v) is 8.26. The number of hydrogen-bond donors (Lipinski definition) is 2. The molecular formula is C67H108NO8P. The Balaban J connectivity index is 4.15. The summed E-state index contributed by atoms with van der Waals surface area (Å²) in [5.74, 6) is -0.900. The Bertz CT molecular complexity index is 1810. The number of esters is 2. The van der Waals surface area contributed by atoms with Crippen LogP contribution < -0.4 is 5.73 Å². The van der Waals surface area contributed by atoms with E-state index in [0.717, 1.165) is 116 Å². The largest absolute Gasteiger partial charge is 0.472 e. The molecule has 0 amide bonds. The van der Waals surface area contributed by atoms with Gasteiger partial charge in [-0.2, -0.15) is 0 Å². The van der Waals surface area contributed by atoms with Gasteiger partial charge in [0.2, 0.25) is 0 Å². The van der Waals surface area contributed by atoms with Gasteiger partial charge in [-0.05, 0) is 128 Å². The van der Waals surface area contributed by atoms with Crippen LogP contribution in [0.2, 0.25) is 0 Å². The standard InChI is InChI=1S/C67H108NO8P/c1-3-5-7-9-11-13-15-17-19-21-23-25-27-28-29-30-31-32-33-34-35-36-38-40-42-44-46-48-50-52-54-56-58-60-67(70)76-65(64-75-77(71,72)74-62-61-68)63-73-66(69)59-57-55-53-51-49-47-45-43-41-39-37-26-24-22-20-18-16-14-12-10-8-6-4-2/h5,7,11,13,16-19,22-25,28-29,31-32,34-35,37-40,44,46,50,52,65H,3-4,6,8-10,12,14-15,20-21,26-27,30,33,36,41-43,45,47-49,51,53-64,68H2,1-2H3,(H,71,72)/b7-5-,13-11-,18-16-,19-17-,24-22-,25-23-,29-28-,32-31-,35-34-,39-37-,40-38-,46-44-,52-50-. The second-order valence-electron chi connectivity index (χ2n) is 19.1. The molecule has 0 spiro atoms. The number of phosphoric ester groups is 1. The van der Waals surface area contributed by atoms with E-state index in [1.165, 1.54) is 64.2 Å². The summed E-state index contributed by atoms with van der Waals surface area (Å²) < 4.78 is 33.0. The van der Waals surface area contributed by atoms with Crippen LogP contribution in [-0.2, 0) is 32.7 Å². The maximum Gasteiger partial charge on any atom is 0.472 e. The van der Waals surface area contributed by atoms with Crippen molar-refractivity contribution in [3.8, 4) is 0 Å². The van der Waals surface area contributed by atoms with Gasteiger partial charge in [0.1, 0.15) is 6.61 Å². The van der Waals surface area contributed by atoms with Crippen LogP contribution >= 0.6 is 7.82 Å². The first-order valence-corrected chi connectivity index (χ1v) is 31.5. The van der Waals surface area contributed by atoms with Crippen LogP contribution in [0.3, 0.4) is 0 Å². The number of rotatable bonds is 54. The molecule has 0 saturated heterocycles. The van der Waals surface area contributed by atoms with Crippen LogP contribution in [0.15, 0.2) is 158 Å². The summed E-state index contributed by atoms with van der Waals surface area (Å²) in [6, 6.07) is 0. The van der Waals surface area contributed by atoms with Crippen LogP contribution in [0, 0.1) is 0 Å². The molecule has 77 heavy (non-hydrogen) atoms. The van der Waals surface area contributed by atoms with E-state index in [1.807, 2.05) is 0 Å². The third-order valence-corrected chi connectivity index (χ3v) is 12.9. The van der Waals surface area contributed by atoms with Gasteiger partial charge < -0.3 is 20.1 Å². The highest BCUT2D eigenvalue weighted by molar-refractivity contribution is 7.47. The normalized spacial score (nSPS) is 14.2. The van der Waals surface area contributed by atoms with E-state index in [1.54, 1.807) is 0 Å². The third kappa shape index (κ3) is 60.7. The number of ether oxygens (including phenoxy) is 2. The first-order valence-electron chi connectivity index (χ1n) is 30.0. The quantitative estimate of drug-likeness (QED) is 0.0264. The van der Waals surface area contributed by atoms with Gasteiger partial charge in [-0.15, -0.1) is 0 Å². The molecule has 10 heteroatoms. The monoisotopic (exact) mass is 1090 g/mol. The molecule has 0 aromatic carbocycles. The highest BCUT2D eigenvalue weighted by Crippen LogP contribution is 2.43. The van der Waals surface area contributed by atoms with Gasteiger partial charge in [0.05, 0.1) is 13.2 Å². The van der Waals surface area contributed by atoms with Crippen molar-refractivity contribution in [1.82, 2.24) is 0 Å². The van der Waals surface area contributed by atoms with Crippen LogP contribution in [0.25, 0.3) is 0 Å². The zero-order valence-corrected chi connectivity index (χ0v) is 49.3. The van der Waals surface area contributed by atoms with Crippen molar-refractivity contribution in [1.29, 1.82) is 0 Å². The summed E-state index contributed by atoms with van der Waals surface area (Å²) in [5, 5.41) is 0. The lowest BCUT2D eigenvalue weighted by Gasteiger charge is -2.19. The van der Waals surface area contributed by atoms with Crippen molar-refractivity contribution in [3.05, 3.63) is 158 Å². The number of allylic oxidation sites excluding steroid dienone is 26. The van der Waals surface area contributed by atoms with E-state index >= 15 is 0 Å². The Morgan fingerprint density at radius 1 is 0.403 bits per heavy atom. The summed E-state index contributed by atoms with van der Waals surface area (Å²) in [7, 11) is -4.42. The van der Waals surface area contributed by atoms with Gasteiger partial charge in [-0.3, -0.25) is 18.6 Å². The van der Waals surface area contributed by atoms with Gasteiger partial charge in [-0.1, -0.05) is 236 Å². The van der Waals surface area contributed by atoms with Gasteiger partial charge in [0, 0.05) is 19.4 Å². The molecule has 0 fully saturated rings. The highest BCUT2D eigenvalue weighted by atomic mass is 31.2. The minimum atomic E-state index is -4.42. The third-order valence-electron chi connectivity index (χ3n) is 11.9. The summed E-state index contributed by atoms with van der Waals surface area (Å²) in [5.41, 5.74) is 5.38. The average molecular weight is 1090 g/mol. The molecule has 2 atom stereocenters. The molecule has 0 heterocycles. The molecular weight excluding hydrogens is 978 g/mol. The van der Waals surface area contributed by atoms with E-state index < -0.39 is 32.5 Å². The van der Waals surface area contributed by atoms with Crippen LogP contribution in [0.5, 0.6) is 0 Å². The summed E-state index contributed by atoms with van der Waals surface area (Å²) in [6.45, 7) is 3.54. The Morgan fingerprint density at radius 2 is 0.714 bits per heavy atom. The molecule has 0 aliphatic rings. The van der Waals surface area contributed by atoms with E-state index in [4.69, 9.17) is 24.3 Å². The lowest BCUT2D eigenvalue weighted by molar-refractivity contribution is -0.161. The van der Waals surface area contributed by atoms with Gasteiger partial charge in [0.25, 0.3) is 0 Å². The molecule has 2 unspecified atom stereocenters. The Kier molecular flexibility index (Phi) is 57.4. The fourth-order valence-electron chi connectivity index (χ4n) is 7.49. The summed E-state index contributed by atoms with van der Waals surface area (Å²) in [6.07, 6.45) is 88.7. The molecule has 0 bridgehead atoms. The SMILES string of the molecule is CC/C=C\C/C=C\C/C=C\C/C=C\C/C=C\C/C=C\C/C=C\C/C=C\C/C=C\C/C=C\CCCCC(=O)OC(COC(=O)CCCCCCCCCC/C=C\C/C=C\C/C=C\CCCCCCC)COP(=O)(O)OCCN. The Morgan fingerprint density at radius 3 is 1.09 bits per heavy atom. The van der Waals surface area contributed by atoms with E-state index in [0.29, 0.717) is 12.8 Å². The number of carbonyl (C=O) groups excluding carboxylic acids is 2. The van der Waals surface area contributed by atoms with Crippen LogP contribution in [0.4, 0.5) is 0 Å². The molecule has 9 nitrogen and oxygen atoms in total. The highest BCUT2D eigenvalue weighted by Gasteiger charge is 2.26. The van der Waals surface area contributed by atoms with E-state index in [9.17, 15) is 19.0 Å². The Hall–Kier alpha value is -4.37. The Labute approximate surface area is 470 Å². The summed E-state index contributed by atoms with van der Waals surface area (Å²) in [4.78, 5) is 35.2. The minimum Gasteiger partial charge on any atom is -0.462 e. The number of phosphoric acid groups is 1. The first-order chi connectivity index (χ1) is 37.8. The van der Waals surface area contributed by atoms with Crippen molar-refractivity contribution >= 4 is 19.8 Å². The van der Waals surface area contributed by atoms with Crippen molar-refractivity contribution in [2.45, 2.75) is 225 Å². The van der Waals surface area contributed by atoms with E-state index in [-0.39, 0.29) is 32.6 Å². The smallest absolute Gasteiger partial charge is 0.462 e. The number of hydrogen-bond acceptors (Lipinski definition) is 8. The topological polar surface area (TPSA) is 134 Å². The number of nitrogens with two attached hydrogens (primary N) is 1. The molecule has 0 aromatic rings. The predicted molar refractivity (Wildman–Crippen MR) is 330 cm³/mol. The molecule has 0 aliphatic carbocycles. The van der Waals surface area contributed by atoms with Gasteiger partial charge in [0.15, 0.2) is 6.10 Å². The van der Waals surface area contributed by atoms with E-state index in [2.05, 4.69) is 172 Å². The predicted octanol–water partition coefficient (Wildman–Crippen LogP) is 19.3. The lowest BCUT2D eigenvalue weighted by Crippen LogP contribution is -2.29. The first kappa shape index (κ1) is 72.6. The average Bonchev–Trinajstić information content (AvgIpc) is 3.42. The van der Waals surface area contributed by atoms with Gasteiger partial charge in [-0.25, -0.2) is 4.57 Å². The second-order valence-corrected chi connectivity index (χ2v) is 20.6. The lowest BCUT2D eigenvalue weighted by atomic mass is 10.1. The number of carbonyl (C=O) groups is 2. The van der Waals surface area contributed by atoms with Crippen LogP contribution in [0.1, 0.15) is 219 Å². The molecule has 3 N–H and O–H groups in total. The molecule has 434 valence electrons. The second kappa shape index (κ2) is 60.9. The number of unbranched alkanes of at least 4 members (excludes halogenated alkanes) is 15. The molecule has 0 aliphatic heterocycles. The molecule has 0 saturated carbocycles. The zero-order valence-electron chi connectivity index (χ0n) is 48.4. The minimum absolute atomic E-state index is 0.0358.